The van der Waals surface area contributed by atoms with E-state index in [2.05, 4.69) is 20.6 Å². The summed E-state index contributed by atoms with van der Waals surface area (Å²) in [5.41, 5.74) is 1.03. The van der Waals surface area contributed by atoms with Crippen LogP contribution in [-0.2, 0) is 11.3 Å². The third-order valence-corrected chi connectivity index (χ3v) is 2.59. The van der Waals surface area contributed by atoms with Crippen molar-refractivity contribution in [2.75, 3.05) is 26.8 Å². The lowest BCUT2D eigenvalue weighted by Crippen LogP contribution is -2.38. The van der Waals surface area contributed by atoms with Gasteiger partial charge in [-0.05, 0) is 25.0 Å². The molecule has 1 aromatic rings. The van der Waals surface area contributed by atoms with E-state index in [1.54, 1.807) is 19.4 Å². The molecule has 0 aromatic carbocycles. The van der Waals surface area contributed by atoms with Gasteiger partial charge in [0.1, 0.15) is 5.15 Å². The van der Waals surface area contributed by atoms with Gasteiger partial charge in [-0.1, -0.05) is 17.7 Å². The van der Waals surface area contributed by atoms with E-state index in [0.29, 0.717) is 11.7 Å². The molecule has 0 amide bonds. The lowest BCUT2D eigenvalue weighted by Gasteiger charge is -2.10. The van der Waals surface area contributed by atoms with Gasteiger partial charge in [-0.15, -0.1) is 24.0 Å². The Balaban J connectivity index is 0.00000361. The number of aromatic nitrogens is 1. The molecule has 2 N–H and O–H groups in total. The molecule has 0 bridgehead atoms. The Morgan fingerprint density at radius 2 is 2.20 bits per heavy atom. The quantitative estimate of drug-likeness (QED) is 0.237. The average molecular weight is 413 g/mol. The molecule has 1 heterocycles. The molecule has 20 heavy (non-hydrogen) atoms. The highest BCUT2D eigenvalue weighted by atomic mass is 127. The van der Waals surface area contributed by atoms with E-state index in [-0.39, 0.29) is 24.0 Å². The van der Waals surface area contributed by atoms with Crippen LogP contribution in [-0.4, -0.2) is 37.7 Å². The van der Waals surface area contributed by atoms with Gasteiger partial charge in [0.2, 0.25) is 0 Å². The molecule has 0 radical (unpaired) electrons. The van der Waals surface area contributed by atoms with Crippen LogP contribution in [0.15, 0.2) is 23.3 Å². The molecule has 114 valence electrons. The molecule has 0 atom stereocenters. The van der Waals surface area contributed by atoms with Crippen LogP contribution >= 0.6 is 35.6 Å². The van der Waals surface area contributed by atoms with Crippen molar-refractivity contribution in [1.82, 2.24) is 15.6 Å². The summed E-state index contributed by atoms with van der Waals surface area (Å²) in [6.07, 6.45) is 2.68. The maximum atomic E-state index is 5.74. The molecule has 0 unspecified atom stereocenters. The minimum absolute atomic E-state index is 0. The number of methoxy groups -OCH3 is 1. The number of hydrogen-bond acceptors (Lipinski definition) is 3. The minimum Gasteiger partial charge on any atom is -0.385 e. The van der Waals surface area contributed by atoms with E-state index >= 15 is 0 Å². The molecule has 0 aliphatic carbocycles. The number of rotatable bonds is 7. The van der Waals surface area contributed by atoms with Gasteiger partial charge in [-0.2, -0.15) is 0 Å². The molecule has 0 spiro atoms. The SMILES string of the molecule is CCNC(=NCc1ccc(Cl)nc1)NCCCOC.I. The molecule has 0 aliphatic rings. The molecule has 0 saturated carbocycles. The highest BCUT2D eigenvalue weighted by molar-refractivity contribution is 14.0. The van der Waals surface area contributed by atoms with Crippen molar-refractivity contribution in [1.29, 1.82) is 0 Å². The third-order valence-electron chi connectivity index (χ3n) is 2.37. The summed E-state index contributed by atoms with van der Waals surface area (Å²) in [6.45, 7) is 5.01. The lowest BCUT2D eigenvalue weighted by atomic mass is 10.3. The summed E-state index contributed by atoms with van der Waals surface area (Å²) in [6, 6.07) is 3.69. The molecule has 1 aromatic heterocycles. The molecule has 7 heteroatoms. The number of guanidine groups is 1. The first-order chi connectivity index (χ1) is 9.26. The minimum atomic E-state index is 0. The van der Waals surface area contributed by atoms with Gasteiger partial charge < -0.3 is 15.4 Å². The van der Waals surface area contributed by atoms with Crippen molar-refractivity contribution in [3.05, 3.63) is 29.0 Å². The van der Waals surface area contributed by atoms with Crippen molar-refractivity contribution in [2.24, 2.45) is 4.99 Å². The fraction of sp³-hybridized carbons (Fsp3) is 0.538. The highest BCUT2D eigenvalue weighted by Gasteiger charge is 1.97. The number of nitrogens with zero attached hydrogens (tertiary/aromatic N) is 2. The first-order valence-electron chi connectivity index (χ1n) is 6.37. The topological polar surface area (TPSA) is 58.5 Å². The molecular weight excluding hydrogens is 391 g/mol. The Morgan fingerprint density at radius 1 is 1.40 bits per heavy atom. The van der Waals surface area contributed by atoms with Crippen molar-refractivity contribution in [2.45, 2.75) is 19.9 Å². The summed E-state index contributed by atoms with van der Waals surface area (Å²) in [5.74, 6) is 0.800. The van der Waals surface area contributed by atoms with Crippen LogP contribution in [0.1, 0.15) is 18.9 Å². The van der Waals surface area contributed by atoms with E-state index in [1.807, 2.05) is 13.0 Å². The van der Waals surface area contributed by atoms with Crippen molar-refractivity contribution in [3.8, 4) is 0 Å². The molecule has 5 nitrogen and oxygen atoms in total. The molecule has 0 saturated heterocycles. The van der Waals surface area contributed by atoms with Gasteiger partial charge in [-0.3, -0.25) is 0 Å². The molecule has 1 rings (SSSR count). The maximum Gasteiger partial charge on any atom is 0.191 e. The molecule has 0 aliphatic heterocycles. The number of ether oxygens (including phenoxy) is 1. The van der Waals surface area contributed by atoms with Crippen LogP contribution in [0.2, 0.25) is 5.15 Å². The largest absolute Gasteiger partial charge is 0.385 e. The van der Waals surface area contributed by atoms with Gasteiger partial charge in [0, 0.05) is 33.0 Å². The van der Waals surface area contributed by atoms with Crippen molar-refractivity contribution >= 4 is 41.5 Å². The predicted octanol–water partition coefficient (Wildman–Crippen LogP) is 2.44. The van der Waals surface area contributed by atoms with E-state index in [9.17, 15) is 0 Å². The second-order valence-electron chi connectivity index (χ2n) is 3.96. The fourth-order valence-electron chi connectivity index (χ4n) is 1.44. The zero-order valence-corrected chi connectivity index (χ0v) is 14.9. The smallest absolute Gasteiger partial charge is 0.191 e. The van der Waals surface area contributed by atoms with E-state index < -0.39 is 0 Å². The van der Waals surface area contributed by atoms with Crippen LogP contribution in [0.3, 0.4) is 0 Å². The Labute approximate surface area is 142 Å². The van der Waals surface area contributed by atoms with Crippen LogP contribution in [0.25, 0.3) is 0 Å². The monoisotopic (exact) mass is 412 g/mol. The first-order valence-corrected chi connectivity index (χ1v) is 6.75. The Hall–Kier alpha value is -0.600. The van der Waals surface area contributed by atoms with Crippen LogP contribution in [0.5, 0.6) is 0 Å². The maximum absolute atomic E-state index is 5.74. The third kappa shape index (κ3) is 8.55. The van der Waals surface area contributed by atoms with Crippen LogP contribution in [0, 0.1) is 0 Å². The van der Waals surface area contributed by atoms with Gasteiger partial charge in [0.15, 0.2) is 5.96 Å². The Morgan fingerprint density at radius 3 is 2.80 bits per heavy atom. The molecular formula is C13H22ClIN4O. The summed E-state index contributed by atoms with van der Waals surface area (Å²) >= 11 is 5.74. The average Bonchev–Trinajstić information content (AvgIpc) is 2.42. The van der Waals surface area contributed by atoms with E-state index in [0.717, 1.165) is 37.6 Å². The zero-order chi connectivity index (χ0) is 13.9. The van der Waals surface area contributed by atoms with E-state index in [1.165, 1.54) is 0 Å². The van der Waals surface area contributed by atoms with Crippen LogP contribution in [0.4, 0.5) is 0 Å². The highest BCUT2D eigenvalue weighted by Crippen LogP contribution is 2.05. The number of hydrogen-bond donors (Lipinski definition) is 2. The summed E-state index contributed by atoms with van der Waals surface area (Å²) < 4.78 is 5.00. The predicted molar refractivity (Wildman–Crippen MR) is 94.0 cm³/mol. The standard InChI is InChI=1S/C13H21ClN4O.HI/c1-3-15-13(16-7-4-8-19-2)18-10-11-5-6-12(14)17-9-11;/h5-6,9H,3-4,7-8,10H2,1-2H3,(H2,15,16,18);1H. The van der Waals surface area contributed by atoms with Crippen molar-refractivity contribution < 1.29 is 4.74 Å². The summed E-state index contributed by atoms with van der Waals surface area (Å²) in [5, 5.41) is 6.94. The number of nitrogens with one attached hydrogen (secondary N) is 2. The van der Waals surface area contributed by atoms with Crippen LogP contribution < -0.4 is 10.6 Å². The van der Waals surface area contributed by atoms with E-state index in [4.69, 9.17) is 16.3 Å². The number of halogens is 2. The van der Waals surface area contributed by atoms with Gasteiger partial charge in [0.05, 0.1) is 6.54 Å². The number of aliphatic imine (C=N–C) groups is 1. The van der Waals surface area contributed by atoms with Gasteiger partial charge in [0.25, 0.3) is 0 Å². The summed E-state index contributed by atoms with van der Waals surface area (Å²) in [4.78, 5) is 8.51. The lowest BCUT2D eigenvalue weighted by molar-refractivity contribution is 0.195. The Kier molecular flexibility index (Phi) is 11.8. The Bertz CT molecular complexity index is 386. The molecule has 0 fully saturated rings. The zero-order valence-electron chi connectivity index (χ0n) is 11.9. The second kappa shape index (κ2) is 12.2. The van der Waals surface area contributed by atoms with Crippen molar-refractivity contribution in [3.63, 3.8) is 0 Å². The van der Waals surface area contributed by atoms with Gasteiger partial charge >= 0.3 is 0 Å². The van der Waals surface area contributed by atoms with Gasteiger partial charge in [-0.25, -0.2) is 9.98 Å². The normalized spacial score (nSPS) is 10.8. The fourth-order valence-corrected chi connectivity index (χ4v) is 1.55. The number of pyridine rings is 1. The second-order valence-corrected chi connectivity index (χ2v) is 4.34. The first kappa shape index (κ1) is 19.4. The summed E-state index contributed by atoms with van der Waals surface area (Å²) in [7, 11) is 1.70.